The summed E-state index contributed by atoms with van der Waals surface area (Å²) in [6, 6.07) is 15.9. The van der Waals surface area contributed by atoms with Crippen molar-refractivity contribution in [3.8, 4) is 0 Å². The Morgan fingerprint density at radius 2 is 1.72 bits per heavy atom. The quantitative estimate of drug-likeness (QED) is 0.524. The lowest BCUT2D eigenvalue weighted by Crippen LogP contribution is -2.38. The van der Waals surface area contributed by atoms with Crippen molar-refractivity contribution >= 4 is 33.3 Å². The van der Waals surface area contributed by atoms with Crippen LogP contribution in [0.3, 0.4) is 0 Å². The third-order valence-corrected chi connectivity index (χ3v) is 6.27. The van der Waals surface area contributed by atoms with Gasteiger partial charge in [-0.05, 0) is 62.4 Å². The van der Waals surface area contributed by atoms with Crippen molar-refractivity contribution in [2.75, 3.05) is 22.8 Å². The number of aryl methyl sites for hydroxylation is 1. The zero-order valence-electron chi connectivity index (χ0n) is 17.7. The van der Waals surface area contributed by atoms with E-state index in [1.807, 2.05) is 6.92 Å². The van der Waals surface area contributed by atoms with E-state index in [1.165, 1.54) is 36.7 Å². The molecular weight excluding hydrogens is 430 g/mol. The number of aromatic nitrogens is 1. The van der Waals surface area contributed by atoms with E-state index in [0.717, 1.165) is 9.87 Å². The number of nitrogens with one attached hydrogen (secondary N) is 1. The number of rotatable bonds is 8. The van der Waals surface area contributed by atoms with Gasteiger partial charge in [0.05, 0.1) is 17.9 Å². The Balaban J connectivity index is 1.83. The molecular formula is C23H23N3O5S. The summed E-state index contributed by atoms with van der Waals surface area (Å²) in [7, 11) is -4.03. The second-order valence-corrected chi connectivity index (χ2v) is 8.74. The summed E-state index contributed by atoms with van der Waals surface area (Å²) in [5.74, 6) is -1.000. The highest BCUT2D eigenvalue weighted by Crippen LogP contribution is 2.24. The van der Waals surface area contributed by atoms with Gasteiger partial charge in [0.25, 0.3) is 10.0 Å². The molecule has 0 saturated carbocycles. The number of ether oxygens (including phenoxy) is 1. The van der Waals surface area contributed by atoms with Crippen LogP contribution in [0.1, 0.15) is 22.8 Å². The summed E-state index contributed by atoms with van der Waals surface area (Å²) >= 11 is 0. The monoisotopic (exact) mass is 453 g/mol. The molecule has 0 aliphatic carbocycles. The Hall–Kier alpha value is -3.72. The molecule has 3 rings (SSSR count). The number of pyridine rings is 1. The van der Waals surface area contributed by atoms with Gasteiger partial charge in [0.15, 0.2) is 0 Å². The molecule has 2 aromatic carbocycles. The van der Waals surface area contributed by atoms with Crippen LogP contribution in [0.5, 0.6) is 0 Å². The number of esters is 1. The van der Waals surface area contributed by atoms with E-state index in [2.05, 4.69) is 10.3 Å². The van der Waals surface area contributed by atoms with Gasteiger partial charge in [-0.2, -0.15) is 0 Å². The minimum absolute atomic E-state index is 0.0211. The van der Waals surface area contributed by atoms with E-state index in [4.69, 9.17) is 4.74 Å². The van der Waals surface area contributed by atoms with E-state index in [0.29, 0.717) is 16.9 Å². The molecule has 0 radical (unpaired) electrons. The largest absolute Gasteiger partial charge is 0.462 e. The number of benzene rings is 2. The molecule has 0 atom stereocenters. The van der Waals surface area contributed by atoms with Gasteiger partial charge in [-0.3, -0.25) is 14.1 Å². The second kappa shape index (κ2) is 10.1. The predicted molar refractivity (Wildman–Crippen MR) is 121 cm³/mol. The zero-order valence-corrected chi connectivity index (χ0v) is 18.5. The highest BCUT2D eigenvalue weighted by molar-refractivity contribution is 7.92. The summed E-state index contributed by atoms with van der Waals surface area (Å²) in [6.45, 7) is 3.42. The SMILES string of the molecule is CCOC(=O)c1ccc(NC(=O)CN(c2ccc(C)cc2)S(=O)(=O)c2cccnc2)cc1. The van der Waals surface area contributed by atoms with Crippen molar-refractivity contribution in [1.29, 1.82) is 0 Å². The van der Waals surface area contributed by atoms with E-state index >= 15 is 0 Å². The Morgan fingerprint density at radius 3 is 2.31 bits per heavy atom. The maximum absolute atomic E-state index is 13.2. The molecule has 0 fully saturated rings. The molecule has 0 bridgehead atoms. The van der Waals surface area contributed by atoms with Gasteiger partial charge < -0.3 is 10.1 Å². The van der Waals surface area contributed by atoms with E-state index in [-0.39, 0.29) is 11.5 Å². The third kappa shape index (κ3) is 5.50. The van der Waals surface area contributed by atoms with Crippen molar-refractivity contribution in [1.82, 2.24) is 4.98 Å². The van der Waals surface area contributed by atoms with Crippen molar-refractivity contribution in [3.05, 3.63) is 84.2 Å². The first kappa shape index (κ1) is 23.0. The van der Waals surface area contributed by atoms with Crippen molar-refractivity contribution in [3.63, 3.8) is 0 Å². The molecule has 166 valence electrons. The highest BCUT2D eigenvalue weighted by Gasteiger charge is 2.27. The number of anilines is 2. The van der Waals surface area contributed by atoms with Crippen LogP contribution in [0.4, 0.5) is 11.4 Å². The van der Waals surface area contributed by atoms with Gasteiger partial charge in [0.1, 0.15) is 11.4 Å². The minimum atomic E-state index is -4.03. The fourth-order valence-electron chi connectivity index (χ4n) is 2.89. The molecule has 0 unspecified atom stereocenters. The molecule has 32 heavy (non-hydrogen) atoms. The van der Waals surface area contributed by atoms with Gasteiger partial charge >= 0.3 is 5.97 Å². The van der Waals surface area contributed by atoms with E-state index < -0.39 is 28.4 Å². The number of hydrogen-bond acceptors (Lipinski definition) is 6. The Morgan fingerprint density at radius 1 is 1.03 bits per heavy atom. The first-order valence-electron chi connectivity index (χ1n) is 9.87. The van der Waals surface area contributed by atoms with Gasteiger partial charge in [-0.1, -0.05) is 17.7 Å². The molecule has 0 spiro atoms. The van der Waals surface area contributed by atoms with Crippen LogP contribution < -0.4 is 9.62 Å². The Bertz CT molecular complexity index is 1180. The number of sulfonamides is 1. The predicted octanol–water partition coefficient (Wildman–Crippen LogP) is 3.40. The van der Waals surface area contributed by atoms with Crippen molar-refractivity contribution < 1.29 is 22.7 Å². The van der Waals surface area contributed by atoms with Crippen LogP contribution in [0.25, 0.3) is 0 Å². The maximum atomic E-state index is 13.2. The Kier molecular flexibility index (Phi) is 7.21. The maximum Gasteiger partial charge on any atom is 0.338 e. The fraction of sp³-hybridized carbons (Fsp3) is 0.174. The van der Waals surface area contributed by atoms with Crippen LogP contribution in [0, 0.1) is 6.92 Å². The van der Waals surface area contributed by atoms with Crippen molar-refractivity contribution in [2.45, 2.75) is 18.7 Å². The first-order valence-corrected chi connectivity index (χ1v) is 11.3. The summed E-state index contributed by atoms with van der Waals surface area (Å²) < 4.78 is 32.4. The summed E-state index contributed by atoms with van der Waals surface area (Å²) in [5, 5.41) is 2.66. The molecule has 1 N–H and O–H groups in total. The van der Waals surface area contributed by atoms with Crippen LogP contribution in [0.2, 0.25) is 0 Å². The normalized spacial score (nSPS) is 10.9. The second-order valence-electron chi connectivity index (χ2n) is 6.88. The summed E-state index contributed by atoms with van der Waals surface area (Å²) in [5.41, 5.74) is 2.09. The lowest BCUT2D eigenvalue weighted by atomic mass is 10.2. The standard InChI is InChI=1S/C23H23N3O5S/c1-3-31-23(28)18-8-10-19(11-9-18)25-22(27)16-26(20-12-6-17(2)7-13-20)32(29,30)21-5-4-14-24-15-21/h4-15H,3,16H2,1-2H3,(H,25,27). The Labute approximate surface area is 186 Å². The number of amides is 1. The van der Waals surface area contributed by atoms with Gasteiger partial charge in [0.2, 0.25) is 5.91 Å². The molecule has 1 heterocycles. The van der Waals surface area contributed by atoms with E-state index in [9.17, 15) is 18.0 Å². The van der Waals surface area contributed by atoms with Crippen LogP contribution in [0.15, 0.2) is 78.0 Å². The molecule has 0 saturated heterocycles. The molecule has 1 amide bonds. The average Bonchev–Trinajstić information content (AvgIpc) is 2.79. The molecule has 9 heteroatoms. The van der Waals surface area contributed by atoms with Crippen LogP contribution in [-0.4, -0.2) is 38.4 Å². The van der Waals surface area contributed by atoms with Crippen LogP contribution >= 0.6 is 0 Å². The summed E-state index contributed by atoms with van der Waals surface area (Å²) in [4.78, 5) is 28.4. The zero-order chi connectivity index (χ0) is 23.1. The fourth-order valence-corrected chi connectivity index (χ4v) is 4.27. The average molecular weight is 454 g/mol. The number of hydrogen-bond donors (Lipinski definition) is 1. The lowest BCUT2D eigenvalue weighted by Gasteiger charge is -2.24. The van der Waals surface area contributed by atoms with Gasteiger partial charge in [0, 0.05) is 18.1 Å². The molecule has 3 aromatic rings. The van der Waals surface area contributed by atoms with Crippen molar-refractivity contribution in [2.24, 2.45) is 0 Å². The molecule has 0 aliphatic heterocycles. The topological polar surface area (TPSA) is 106 Å². The molecule has 8 nitrogen and oxygen atoms in total. The smallest absolute Gasteiger partial charge is 0.338 e. The first-order chi connectivity index (χ1) is 15.3. The molecule has 1 aromatic heterocycles. The van der Waals surface area contributed by atoms with Gasteiger partial charge in [-0.15, -0.1) is 0 Å². The van der Waals surface area contributed by atoms with E-state index in [1.54, 1.807) is 43.3 Å². The number of nitrogens with zero attached hydrogens (tertiary/aromatic N) is 2. The van der Waals surface area contributed by atoms with Crippen LogP contribution in [-0.2, 0) is 19.6 Å². The minimum Gasteiger partial charge on any atom is -0.462 e. The number of carbonyl (C=O) groups excluding carboxylic acids is 2. The molecule has 0 aliphatic rings. The highest BCUT2D eigenvalue weighted by atomic mass is 32.2. The number of carbonyl (C=O) groups is 2. The van der Waals surface area contributed by atoms with Gasteiger partial charge in [-0.25, -0.2) is 13.2 Å². The third-order valence-electron chi connectivity index (χ3n) is 4.51. The summed E-state index contributed by atoms with van der Waals surface area (Å²) in [6.07, 6.45) is 2.71. The lowest BCUT2D eigenvalue weighted by molar-refractivity contribution is -0.114.